The highest BCUT2D eigenvalue weighted by Gasteiger charge is 2.40. The number of rotatable bonds is 10. The number of methoxy groups -OCH3 is 2. The highest BCUT2D eigenvalue weighted by Crippen LogP contribution is 2.34. The van der Waals surface area contributed by atoms with Crippen LogP contribution in [0.5, 0.6) is 0 Å². The van der Waals surface area contributed by atoms with Crippen molar-refractivity contribution in [2.75, 3.05) is 27.3 Å². The summed E-state index contributed by atoms with van der Waals surface area (Å²) in [7, 11) is 2.48. The van der Waals surface area contributed by atoms with Gasteiger partial charge in [-0.25, -0.2) is 23.4 Å². The van der Waals surface area contributed by atoms with Crippen molar-refractivity contribution in [3.8, 4) is 22.4 Å². The molecular weight excluding hydrogens is 702 g/mol. The van der Waals surface area contributed by atoms with E-state index in [1.807, 2.05) is 13.8 Å². The SMILES string of the molecule is COC(=O)N[C@@H](C)C(=O)N1CCC[C@H]1c1ncc(-c2ccc(-c3ccc(C4=CNC([C@@H]5CCCN5C(=O)[C@@H](NC(=O)OC)C(C)C)N4)c(F)c3)cc2F)[nH]1. The summed E-state index contributed by atoms with van der Waals surface area (Å²) in [5, 5.41) is 11.7. The zero-order valence-corrected chi connectivity index (χ0v) is 30.9. The maximum atomic E-state index is 15.7. The first-order chi connectivity index (χ1) is 25.9. The molecule has 1 unspecified atom stereocenters. The molecule has 0 aliphatic carbocycles. The average Bonchev–Trinajstić information content (AvgIpc) is 3.99. The Morgan fingerprint density at radius 1 is 0.852 bits per heavy atom. The van der Waals surface area contributed by atoms with Crippen molar-refractivity contribution in [3.63, 3.8) is 0 Å². The number of H-pyrrole nitrogens is 1. The lowest BCUT2D eigenvalue weighted by Gasteiger charge is -2.34. The van der Waals surface area contributed by atoms with E-state index in [0.29, 0.717) is 53.4 Å². The monoisotopic (exact) mass is 748 g/mol. The molecule has 0 radical (unpaired) electrons. The molecule has 0 spiro atoms. The summed E-state index contributed by atoms with van der Waals surface area (Å²) in [6, 6.07) is 7.20. The van der Waals surface area contributed by atoms with Crippen LogP contribution in [-0.4, -0.2) is 95.4 Å². The third kappa shape index (κ3) is 7.82. The summed E-state index contributed by atoms with van der Waals surface area (Å²) >= 11 is 0. The molecule has 2 aromatic carbocycles. The van der Waals surface area contributed by atoms with Gasteiger partial charge in [0.15, 0.2) is 0 Å². The number of nitrogens with one attached hydrogen (secondary N) is 5. The Labute approximate surface area is 312 Å². The lowest BCUT2D eigenvalue weighted by molar-refractivity contribution is -0.136. The molecule has 0 saturated carbocycles. The van der Waals surface area contributed by atoms with Crippen molar-refractivity contribution in [1.82, 2.24) is 41.0 Å². The van der Waals surface area contributed by atoms with E-state index in [2.05, 4.69) is 36.0 Å². The van der Waals surface area contributed by atoms with E-state index in [1.165, 1.54) is 32.5 Å². The van der Waals surface area contributed by atoms with Gasteiger partial charge in [0.05, 0.1) is 43.9 Å². The van der Waals surface area contributed by atoms with Gasteiger partial charge in [-0.3, -0.25) is 9.59 Å². The van der Waals surface area contributed by atoms with Crippen LogP contribution in [0.25, 0.3) is 28.1 Å². The normalized spacial score (nSPS) is 20.5. The second kappa shape index (κ2) is 16.1. The molecule has 0 bridgehead atoms. The molecule has 5 N–H and O–H groups in total. The second-order valence-electron chi connectivity index (χ2n) is 14.1. The predicted octanol–water partition coefficient (Wildman–Crippen LogP) is 4.62. The van der Waals surface area contributed by atoms with Crippen molar-refractivity contribution in [1.29, 1.82) is 0 Å². The molecule has 3 aliphatic rings. The summed E-state index contributed by atoms with van der Waals surface area (Å²) in [5.74, 6) is -1.17. The maximum Gasteiger partial charge on any atom is 0.407 e. The van der Waals surface area contributed by atoms with Gasteiger partial charge in [-0.1, -0.05) is 26.0 Å². The first kappa shape index (κ1) is 38.1. The molecule has 54 heavy (non-hydrogen) atoms. The number of carbonyl (C=O) groups excluding carboxylic acids is 4. The number of nitrogens with zero attached hydrogens (tertiary/aromatic N) is 3. The Kier molecular flexibility index (Phi) is 11.4. The molecule has 3 aliphatic heterocycles. The number of benzene rings is 2. The van der Waals surface area contributed by atoms with E-state index in [4.69, 9.17) is 4.74 Å². The molecule has 2 fully saturated rings. The third-order valence-electron chi connectivity index (χ3n) is 10.3. The number of halogens is 2. The quantitative estimate of drug-likeness (QED) is 0.199. The minimum Gasteiger partial charge on any atom is -0.453 e. The van der Waals surface area contributed by atoms with Crippen molar-refractivity contribution < 1.29 is 37.4 Å². The fraction of sp³-hybridized carbons (Fsp3) is 0.447. The van der Waals surface area contributed by atoms with Gasteiger partial charge in [0.25, 0.3) is 0 Å². The van der Waals surface area contributed by atoms with Gasteiger partial charge in [0.2, 0.25) is 11.8 Å². The topological polar surface area (TPSA) is 170 Å². The van der Waals surface area contributed by atoms with Gasteiger partial charge in [0, 0.05) is 30.4 Å². The lowest BCUT2D eigenvalue weighted by Crippen LogP contribution is -2.57. The van der Waals surface area contributed by atoms with Gasteiger partial charge in [-0.2, -0.15) is 0 Å². The first-order valence-electron chi connectivity index (χ1n) is 18.1. The average molecular weight is 749 g/mol. The van der Waals surface area contributed by atoms with E-state index in [-0.39, 0.29) is 41.5 Å². The predicted molar refractivity (Wildman–Crippen MR) is 195 cm³/mol. The number of alkyl carbamates (subject to hydrolysis) is 2. The van der Waals surface area contributed by atoms with Crippen LogP contribution in [0.2, 0.25) is 0 Å². The van der Waals surface area contributed by atoms with Crippen LogP contribution in [0.15, 0.2) is 48.8 Å². The molecule has 5 atom stereocenters. The van der Waals surface area contributed by atoms with Gasteiger partial charge < -0.3 is 45.5 Å². The molecule has 288 valence electrons. The Bertz CT molecular complexity index is 1930. The van der Waals surface area contributed by atoms with E-state index >= 15 is 8.78 Å². The Hall–Kier alpha value is -5.67. The van der Waals surface area contributed by atoms with Crippen LogP contribution < -0.4 is 21.3 Å². The standard InChI is InChI=1S/C38H46F2N8O6/c1-20(2)32(46-38(52)54-5)36(50)48-15-7-9-31(48)34-42-19-29(45-34)25-13-11-23(17-27(25)40)22-10-12-24(26(39)16-22)28-18-41-33(44-28)30-8-6-14-47(30)35(49)21(3)43-37(51)53-4/h10-13,16-21,30-32,34,42,45H,6-9,14-15H2,1-5H3,(H,41,44)(H,43,51)(H,46,52)/t21-,30-,31-,32-,34?/m0/s1. The molecule has 4 heterocycles. The number of imidazole rings is 1. The van der Waals surface area contributed by atoms with Crippen LogP contribution in [0.3, 0.4) is 0 Å². The third-order valence-corrected chi connectivity index (χ3v) is 10.3. The highest BCUT2D eigenvalue weighted by atomic mass is 19.1. The summed E-state index contributed by atoms with van der Waals surface area (Å²) in [4.78, 5) is 61.2. The number of aromatic nitrogens is 2. The Morgan fingerprint density at radius 3 is 2.13 bits per heavy atom. The number of hydrogen-bond acceptors (Lipinski definition) is 9. The zero-order chi connectivity index (χ0) is 38.7. The van der Waals surface area contributed by atoms with E-state index in [0.717, 1.165) is 19.3 Å². The number of likely N-dealkylation sites (tertiary alicyclic amines) is 2. The van der Waals surface area contributed by atoms with Crippen LogP contribution >= 0.6 is 0 Å². The van der Waals surface area contributed by atoms with E-state index in [9.17, 15) is 19.2 Å². The Morgan fingerprint density at radius 2 is 1.48 bits per heavy atom. The van der Waals surface area contributed by atoms with Gasteiger partial charge >= 0.3 is 12.2 Å². The van der Waals surface area contributed by atoms with Gasteiger partial charge in [0.1, 0.15) is 35.7 Å². The van der Waals surface area contributed by atoms with Crippen molar-refractivity contribution in [3.05, 3.63) is 71.8 Å². The largest absolute Gasteiger partial charge is 0.453 e. The van der Waals surface area contributed by atoms with Crippen LogP contribution in [-0.2, 0) is 19.1 Å². The fourth-order valence-corrected chi connectivity index (χ4v) is 7.41. The fourth-order valence-electron chi connectivity index (χ4n) is 7.41. The first-order valence-corrected chi connectivity index (χ1v) is 18.1. The van der Waals surface area contributed by atoms with Gasteiger partial charge in [-0.05, 0) is 73.9 Å². The molecule has 14 nitrogen and oxygen atoms in total. The molecule has 16 heteroatoms. The van der Waals surface area contributed by atoms with Crippen molar-refractivity contribution in [2.24, 2.45) is 5.92 Å². The minimum atomic E-state index is -0.793. The molecule has 1 aromatic heterocycles. The summed E-state index contributed by atoms with van der Waals surface area (Å²) in [6.07, 6.45) is 4.37. The summed E-state index contributed by atoms with van der Waals surface area (Å²) < 4.78 is 40.6. The molecular formula is C38H46F2N8O6. The molecule has 2 saturated heterocycles. The smallest absolute Gasteiger partial charge is 0.407 e. The Balaban J connectivity index is 1.11. The van der Waals surface area contributed by atoms with Crippen molar-refractivity contribution >= 4 is 29.7 Å². The number of amides is 4. The van der Waals surface area contributed by atoms with Crippen LogP contribution in [0.4, 0.5) is 18.4 Å². The molecule has 6 rings (SSSR count). The van der Waals surface area contributed by atoms with Crippen molar-refractivity contribution in [2.45, 2.75) is 76.8 Å². The molecule has 3 aromatic rings. The summed E-state index contributed by atoms with van der Waals surface area (Å²) in [6.45, 7) is 6.31. The number of carbonyl (C=O) groups is 4. The molecule has 4 amide bonds. The zero-order valence-electron chi connectivity index (χ0n) is 30.9. The van der Waals surface area contributed by atoms with Gasteiger partial charge in [-0.15, -0.1) is 0 Å². The highest BCUT2D eigenvalue weighted by molar-refractivity contribution is 5.87. The lowest BCUT2D eigenvalue weighted by atomic mass is 10.00. The van der Waals surface area contributed by atoms with Crippen LogP contribution in [0.1, 0.15) is 63.9 Å². The number of aromatic amines is 1. The van der Waals surface area contributed by atoms with E-state index < -0.39 is 35.9 Å². The maximum absolute atomic E-state index is 15.7. The second-order valence-corrected chi connectivity index (χ2v) is 14.1. The van der Waals surface area contributed by atoms with E-state index in [1.54, 1.807) is 47.2 Å². The number of ether oxygens (including phenoxy) is 2. The minimum absolute atomic E-state index is 0.160. The van der Waals surface area contributed by atoms with Crippen LogP contribution in [0, 0.1) is 17.6 Å². The number of hydrogen-bond donors (Lipinski definition) is 5. The summed E-state index contributed by atoms with van der Waals surface area (Å²) in [5.41, 5.74) is 2.49.